The van der Waals surface area contributed by atoms with Gasteiger partial charge < -0.3 is 15.2 Å². The maximum atomic E-state index is 6.45. The maximum Gasteiger partial charge on any atom is 0.161 e. The van der Waals surface area contributed by atoms with Gasteiger partial charge in [0, 0.05) is 5.02 Å². The third-order valence-electron chi connectivity index (χ3n) is 3.68. The van der Waals surface area contributed by atoms with Crippen molar-refractivity contribution in [2.24, 2.45) is 5.73 Å². The van der Waals surface area contributed by atoms with Crippen LogP contribution in [0, 0.1) is 13.8 Å². The third kappa shape index (κ3) is 3.14. The predicted octanol–water partition coefficient (Wildman–Crippen LogP) is 4.02. The van der Waals surface area contributed by atoms with Gasteiger partial charge in [-0.15, -0.1) is 0 Å². The first-order valence-electron chi connectivity index (χ1n) is 6.72. The maximum absolute atomic E-state index is 6.45. The van der Waals surface area contributed by atoms with Crippen LogP contribution in [0.4, 0.5) is 0 Å². The number of nitrogens with two attached hydrogens (primary N) is 1. The quantitative estimate of drug-likeness (QED) is 0.928. The van der Waals surface area contributed by atoms with E-state index in [9.17, 15) is 0 Å². The largest absolute Gasteiger partial charge is 0.493 e. The smallest absolute Gasteiger partial charge is 0.161 e. The highest BCUT2D eigenvalue weighted by atomic mass is 35.5. The van der Waals surface area contributed by atoms with E-state index in [1.54, 1.807) is 14.2 Å². The van der Waals surface area contributed by atoms with E-state index in [-0.39, 0.29) is 6.04 Å². The van der Waals surface area contributed by atoms with Crippen LogP contribution < -0.4 is 15.2 Å². The molecular weight excluding hydrogens is 286 g/mol. The van der Waals surface area contributed by atoms with Gasteiger partial charge in [-0.1, -0.05) is 17.7 Å². The van der Waals surface area contributed by atoms with Gasteiger partial charge in [0.25, 0.3) is 0 Å². The average Bonchev–Trinajstić information content (AvgIpc) is 2.48. The first-order chi connectivity index (χ1) is 9.97. The number of methoxy groups -OCH3 is 2. The fraction of sp³-hybridized carbons (Fsp3) is 0.294. The molecule has 0 aliphatic rings. The zero-order valence-electron chi connectivity index (χ0n) is 12.7. The Labute approximate surface area is 130 Å². The lowest BCUT2D eigenvalue weighted by Gasteiger charge is -2.20. The van der Waals surface area contributed by atoms with Crippen molar-refractivity contribution in [3.8, 4) is 11.5 Å². The van der Waals surface area contributed by atoms with E-state index < -0.39 is 0 Å². The van der Waals surface area contributed by atoms with Crippen LogP contribution in [-0.4, -0.2) is 14.2 Å². The van der Waals surface area contributed by atoms with Crippen LogP contribution in [0.5, 0.6) is 11.5 Å². The molecule has 0 amide bonds. The van der Waals surface area contributed by atoms with E-state index >= 15 is 0 Å². The lowest BCUT2D eigenvalue weighted by atomic mass is 9.92. The van der Waals surface area contributed by atoms with Crippen LogP contribution in [0.2, 0.25) is 5.02 Å². The van der Waals surface area contributed by atoms with Gasteiger partial charge in [0.1, 0.15) is 0 Å². The van der Waals surface area contributed by atoms with Crippen molar-refractivity contribution in [2.45, 2.75) is 19.9 Å². The first kappa shape index (κ1) is 15.7. The molecule has 0 heterocycles. The summed E-state index contributed by atoms with van der Waals surface area (Å²) >= 11 is 6.09. The molecule has 4 heteroatoms. The molecule has 3 nitrogen and oxygen atoms in total. The number of hydrogen-bond acceptors (Lipinski definition) is 3. The highest BCUT2D eigenvalue weighted by molar-refractivity contribution is 6.30. The number of aryl methyl sites for hydroxylation is 2. The summed E-state index contributed by atoms with van der Waals surface area (Å²) in [6, 6.07) is 9.37. The SMILES string of the molecule is COc1cc(C)c(C(N)c2cc(Cl)ccc2C)cc1OC. The van der Waals surface area contributed by atoms with Gasteiger partial charge in [0.05, 0.1) is 20.3 Å². The molecule has 0 aromatic heterocycles. The summed E-state index contributed by atoms with van der Waals surface area (Å²) in [7, 11) is 3.24. The van der Waals surface area contributed by atoms with Crippen LogP contribution >= 0.6 is 11.6 Å². The van der Waals surface area contributed by atoms with Crippen molar-refractivity contribution in [3.05, 3.63) is 57.6 Å². The van der Waals surface area contributed by atoms with Crippen LogP contribution in [0.3, 0.4) is 0 Å². The van der Waals surface area contributed by atoms with Gasteiger partial charge in [-0.2, -0.15) is 0 Å². The topological polar surface area (TPSA) is 44.5 Å². The van der Waals surface area contributed by atoms with Crippen LogP contribution in [0.25, 0.3) is 0 Å². The summed E-state index contributed by atoms with van der Waals surface area (Å²) in [6.07, 6.45) is 0. The highest BCUT2D eigenvalue weighted by Gasteiger charge is 2.17. The summed E-state index contributed by atoms with van der Waals surface area (Å²) in [5.41, 5.74) is 10.6. The Hall–Kier alpha value is -1.71. The first-order valence-corrected chi connectivity index (χ1v) is 7.10. The fourth-order valence-corrected chi connectivity index (χ4v) is 2.63. The summed E-state index contributed by atoms with van der Waals surface area (Å²) < 4.78 is 10.7. The van der Waals surface area contributed by atoms with Crippen molar-refractivity contribution in [1.29, 1.82) is 0 Å². The number of halogens is 1. The molecule has 0 fully saturated rings. The van der Waals surface area contributed by atoms with E-state index in [2.05, 4.69) is 0 Å². The van der Waals surface area contributed by atoms with Gasteiger partial charge in [-0.3, -0.25) is 0 Å². The summed E-state index contributed by atoms with van der Waals surface area (Å²) in [5.74, 6) is 1.38. The Morgan fingerprint density at radius 1 is 0.905 bits per heavy atom. The predicted molar refractivity (Wildman–Crippen MR) is 86.5 cm³/mol. The van der Waals surface area contributed by atoms with Gasteiger partial charge in [0.15, 0.2) is 11.5 Å². The minimum atomic E-state index is -0.261. The average molecular weight is 306 g/mol. The molecule has 2 aromatic rings. The Morgan fingerprint density at radius 3 is 2.10 bits per heavy atom. The lowest BCUT2D eigenvalue weighted by molar-refractivity contribution is 0.354. The lowest BCUT2D eigenvalue weighted by Crippen LogP contribution is -2.15. The normalized spacial score (nSPS) is 12.1. The number of rotatable bonds is 4. The van der Waals surface area contributed by atoms with Gasteiger partial charge in [-0.25, -0.2) is 0 Å². The van der Waals surface area contributed by atoms with Gasteiger partial charge in [0.2, 0.25) is 0 Å². The molecule has 2 aromatic carbocycles. The van der Waals surface area contributed by atoms with E-state index in [4.69, 9.17) is 26.8 Å². The van der Waals surface area contributed by atoms with E-state index in [0.29, 0.717) is 16.5 Å². The molecule has 0 bridgehead atoms. The third-order valence-corrected chi connectivity index (χ3v) is 3.92. The molecular formula is C17H20ClNO2. The van der Waals surface area contributed by atoms with Crippen molar-refractivity contribution < 1.29 is 9.47 Å². The molecule has 0 radical (unpaired) electrons. The van der Waals surface area contributed by atoms with Crippen molar-refractivity contribution in [2.75, 3.05) is 14.2 Å². The minimum Gasteiger partial charge on any atom is -0.493 e. The van der Waals surface area contributed by atoms with E-state index in [0.717, 1.165) is 22.3 Å². The van der Waals surface area contributed by atoms with E-state index in [1.807, 2.05) is 44.2 Å². The van der Waals surface area contributed by atoms with Gasteiger partial charge >= 0.3 is 0 Å². The second-order valence-electron chi connectivity index (χ2n) is 5.04. The Bertz CT molecular complexity index is 655. The zero-order valence-corrected chi connectivity index (χ0v) is 13.5. The Morgan fingerprint density at radius 2 is 1.48 bits per heavy atom. The molecule has 2 rings (SSSR count). The van der Waals surface area contributed by atoms with Crippen LogP contribution in [-0.2, 0) is 0 Å². The Balaban J connectivity index is 2.52. The molecule has 2 N–H and O–H groups in total. The molecule has 0 aliphatic carbocycles. The summed E-state index contributed by atoms with van der Waals surface area (Å²) in [6.45, 7) is 4.04. The van der Waals surface area contributed by atoms with Crippen molar-refractivity contribution in [3.63, 3.8) is 0 Å². The number of ether oxygens (including phenoxy) is 2. The second-order valence-corrected chi connectivity index (χ2v) is 5.48. The summed E-state index contributed by atoms with van der Waals surface area (Å²) in [4.78, 5) is 0. The Kier molecular flexibility index (Phi) is 4.76. The molecule has 112 valence electrons. The molecule has 21 heavy (non-hydrogen) atoms. The molecule has 0 aliphatic heterocycles. The van der Waals surface area contributed by atoms with Gasteiger partial charge in [-0.05, 0) is 60.4 Å². The molecule has 1 atom stereocenters. The highest BCUT2D eigenvalue weighted by Crippen LogP contribution is 2.35. The van der Waals surface area contributed by atoms with Crippen LogP contribution in [0.15, 0.2) is 30.3 Å². The van der Waals surface area contributed by atoms with Crippen molar-refractivity contribution >= 4 is 11.6 Å². The van der Waals surface area contributed by atoms with Crippen LogP contribution in [0.1, 0.15) is 28.3 Å². The monoisotopic (exact) mass is 305 g/mol. The standard InChI is InChI=1S/C17H20ClNO2/c1-10-5-6-12(18)8-13(10)17(19)14-9-16(21-4)15(20-3)7-11(14)2/h5-9,17H,19H2,1-4H3. The second kappa shape index (κ2) is 6.37. The minimum absolute atomic E-state index is 0.261. The zero-order chi connectivity index (χ0) is 15.6. The number of hydrogen-bond donors (Lipinski definition) is 1. The molecule has 0 spiro atoms. The van der Waals surface area contributed by atoms with E-state index in [1.165, 1.54) is 0 Å². The number of benzene rings is 2. The summed E-state index contributed by atoms with van der Waals surface area (Å²) in [5, 5.41) is 0.684. The fourth-order valence-electron chi connectivity index (χ4n) is 2.45. The molecule has 1 unspecified atom stereocenters. The van der Waals surface area contributed by atoms with Crippen molar-refractivity contribution in [1.82, 2.24) is 0 Å². The molecule has 0 saturated heterocycles. The molecule has 0 saturated carbocycles.